The van der Waals surface area contributed by atoms with Crippen LogP contribution in [0.5, 0.6) is 0 Å². The van der Waals surface area contributed by atoms with Crippen LogP contribution in [0.1, 0.15) is 6.92 Å². The van der Waals surface area contributed by atoms with Gasteiger partial charge in [-0.1, -0.05) is 41.2 Å². The number of halogens is 3. The molecule has 0 fully saturated rings. The second-order valence-corrected chi connectivity index (χ2v) is 10.9. The van der Waals surface area contributed by atoms with Gasteiger partial charge in [-0.2, -0.15) is 5.10 Å². The van der Waals surface area contributed by atoms with Crippen molar-refractivity contribution in [2.24, 2.45) is 5.10 Å². The zero-order valence-corrected chi connectivity index (χ0v) is 18.4. The van der Waals surface area contributed by atoms with Gasteiger partial charge in [0.25, 0.3) is 0 Å². The number of benzene rings is 2. The quantitative estimate of drug-likeness (QED) is 0.481. The highest BCUT2D eigenvalue weighted by molar-refractivity contribution is 8.93. The molecule has 2 aromatic rings. The van der Waals surface area contributed by atoms with Crippen LogP contribution < -0.4 is 10.4 Å². The molecule has 1 heterocycles. The number of hydrogen-bond acceptors (Lipinski definition) is 5. The number of rotatable bonds is 6. The zero-order chi connectivity index (χ0) is 19.4. The first-order valence-corrected chi connectivity index (χ1v) is 11.3. The van der Waals surface area contributed by atoms with Crippen LogP contribution in [0.2, 0.25) is 6.55 Å². The van der Waals surface area contributed by atoms with Gasteiger partial charge < -0.3 is 9.64 Å². The van der Waals surface area contributed by atoms with Gasteiger partial charge in [0.15, 0.2) is 6.73 Å². The normalized spacial score (nSPS) is 13.4. The Morgan fingerprint density at radius 1 is 1.07 bits per heavy atom. The second kappa shape index (κ2) is 9.29. The van der Waals surface area contributed by atoms with Gasteiger partial charge in [0.1, 0.15) is 32.7 Å². The predicted octanol–water partition coefficient (Wildman–Crippen LogP) is 2.31. The summed E-state index contributed by atoms with van der Waals surface area (Å²) in [5.41, 5.74) is 0. The van der Waals surface area contributed by atoms with E-state index in [2.05, 4.69) is 11.6 Å². The van der Waals surface area contributed by atoms with Crippen LogP contribution in [-0.4, -0.2) is 49.9 Å². The summed E-state index contributed by atoms with van der Waals surface area (Å²) in [7, 11) is -2.34. The lowest BCUT2D eigenvalue weighted by atomic mass is 10.3. The average Bonchev–Trinajstić information content (AvgIpc) is 3.08. The zero-order valence-electron chi connectivity index (χ0n) is 15.6. The average molecular weight is 470 g/mol. The number of nitrogens with zero attached hydrogens (tertiary/aromatic N) is 3. The van der Waals surface area contributed by atoms with Gasteiger partial charge >= 0.3 is 5.97 Å². The maximum atomic E-state index is 13.4. The largest absolute Gasteiger partial charge is 0.444 e. The van der Waals surface area contributed by atoms with Crippen molar-refractivity contribution in [2.45, 2.75) is 13.5 Å². The molecule has 0 aromatic heterocycles. The van der Waals surface area contributed by atoms with Crippen LogP contribution in [-0.2, 0) is 9.53 Å². The van der Waals surface area contributed by atoms with Crippen molar-refractivity contribution in [1.82, 2.24) is 9.91 Å². The Labute approximate surface area is 174 Å². The maximum Gasteiger partial charge on any atom is 0.304 e. The van der Waals surface area contributed by atoms with E-state index in [1.54, 1.807) is 35.5 Å². The molecule has 150 valence electrons. The number of esters is 1. The Morgan fingerprint density at radius 2 is 1.57 bits per heavy atom. The first-order valence-electron chi connectivity index (χ1n) is 8.55. The molecular formula is C19H22BrF2N3O2Si. The fourth-order valence-corrected chi connectivity index (χ4v) is 6.53. The monoisotopic (exact) mass is 469 g/mol. The van der Waals surface area contributed by atoms with E-state index >= 15 is 0 Å². The van der Waals surface area contributed by atoms with Crippen molar-refractivity contribution >= 4 is 47.7 Å². The third-order valence-corrected chi connectivity index (χ3v) is 8.83. The summed E-state index contributed by atoms with van der Waals surface area (Å²) in [4.78, 5) is 12.8. The molecular weight excluding hydrogens is 448 g/mol. The van der Waals surface area contributed by atoms with Crippen LogP contribution in [0, 0.1) is 11.6 Å². The molecule has 9 heteroatoms. The first-order chi connectivity index (χ1) is 12.9. The third-order valence-electron chi connectivity index (χ3n) is 4.62. The Hall–Kier alpha value is -2.26. The van der Waals surface area contributed by atoms with Crippen molar-refractivity contribution in [3.8, 4) is 0 Å². The van der Waals surface area contributed by atoms with E-state index in [0.717, 1.165) is 10.4 Å². The molecule has 1 aliphatic rings. The fourth-order valence-electron chi connectivity index (χ4n) is 3.12. The number of hydrazone groups is 1. The Morgan fingerprint density at radius 3 is 2.04 bits per heavy atom. The number of hydrogen-bond donors (Lipinski definition) is 0. The van der Waals surface area contributed by atoms with Crippen molar-refractivity contribution in [1.29, 1.82) is 0 Å². The molecule has 0 bridgehead atoms. The maximum absolute atomic E-state index is 13.4. The van der Waals surface area contributed by atoms with E-state index < -0.39 is 8.07 Å². The highest BCUT2D eigenvalue weighted by Crippen LogP contribution is 2.13. The Balaban J connectivity index is 0.00000280. The van der Waals surface area contributed by atoms with Crippen molar-refractivity contribution < 1.29 is 18.3 Å². The molecule has 2 aromatic carbocycles. The third kappa shape index (κ3) is 5.17. The van der Waals surface area contributed by atoms with Crippen molar-refractivity contribution in [2.75, 3.05) is 19.6 Å². The van der Waals surface area contributed by atoms with Gasteiger partial charge in [0, 0.05) is 13.1 Å². The minimum atomic E-state index is -2.34. The van der Waals surface area contributed by atoms with Gasteiger partial charge in [-0.15, -0.1) is 17.0 Å². The van der Waals surface area contributed by atoms with E-state index in [4.69, 9.17) is 4.74 Å². The van der Waals surface area contributed by atoms with Crippen LogP contribution in [0.25, 0.3) is 0 Å². The van der Waals surface area contributed by atoms with Crippen LogP contribution in [0.3, 0.4) is 0 Å². The molecule has 0 aliphatic carbocycles. The summed E-state index contributed by atoms with van der Waals surface area (Å²) in [5, 5.41) is 8.35. The van der Waals surface area contributed by atoms with Crippen molar-refractivity contribution in [3.63, 3.8) is 0 Å². The highest BCUT2D eigenvalue weighted by Gasteiger charge is 2.35. The molecule has 0 saturated heterocycles. The summed E-state index contributed by atoms with van der Waals surface area (Å²) in [6.45, 7) is 4.13. The smallest absolute Gasteiger partial charge is 0.304 e. The lowest BCUT2D eigenvalue weighted by Gasteiger charge is -2.32. The van der Waals surface area contributed by atoms with Gasteiger partial charge in [0.05, 0.1) is 0 Å². The van der Waals surface area contributed by atoms with Gasteiger partial charge in [-0.25, -0.2) is 8.78 Å². The predicted molar refractivity (Wildman–Crippen MR) is 113 cm³/mol. The number of carbonyl (C=O) groups is 1. The second-order valence-electron chi connectivity index (χ2n) is 6.74. The van der Waals surface area contributed by atoms with Crippen LogP contribution >= 0.6 is 17.0 Å². The van der Waals surface area contributed by atoms with E-state index in [1.165, 1.54) is 31.2 Å². The fraction of sp³-hybridized carbons (Fsp3) is 0.263. The molecule has 0 unspecified atom stereocenters. The minimum absolute atomic E-state index is 0. The Bertz CT molecular complexity index is 789. The minimum Gasteiger partial charge on any atom is -0.444 e. The molecule has 28 heavy (non-hydrogen) atoms. The molecule has 0 spiro atoms. The van der Waals surface area contributed by atoms with E-state index in [0.29, 0.717) is 12.8 Å². The summed E-state index contributed by atoms with van der Waals surface area (Å²) in [5.74, 6) is -0.930. The summed E-state index contributed by atoms with van der Waals surface area (Å²) in [6.07, 6.45) is 2.25. The van der Waals surface area contributed by atoms with Crippen molar-refractivity contribution in [3.05, 3.63) is 60.2 Å². The number of carbonyl (C=O) groups excluding carboxylic acids is 1. The highest BCUT2D eigenvalue weighted by atomic mass is 79.9. The topological polar surface area (TPSA) is 45.1 Å². The Kier molecular flexibility index (Phi) is 7.31. The molecule has 5 nitrogen and oxygen atoms in total. The summed E-state index contributed by atoms with van der Waals surface area (Å²) < 4.78 is 31.8. The van der Waals surface area contributed by atoms with Crippen LogP contribution in [0.4, 0.5) is 8.78 Å². The molecule has 3 rings (SSSR count). The van der Waals surface area contributed by atoms with E-state index in [-0.39, 0.29) is 41.3 Å². The SMILES string of the molecule is Br.CC(=O)OCN1C=NN(C[Si](C)(c2ccc(F)cc2)c2ccc(F)cc2)C1. The molecule has 0 saturated carbocycles. The number of ether oxygens (including phenoxy) is 1. The van der Waals surface area contributed by atoms with E-state index in [9.17, 15) is 13.6 Å². The first kappa shape index (κ1) is 22.0. The standard InChI is InChI=1S/C19H21F2N3O2Si.BrH/c1-15(25)26-13-23-11-22-24(12-23)14-27(2,18-7-3-16(20)4-8-18)19-9-5-17(21)6-10-19;/h3-11H,12-14H2,1-2H3;1H. The van der Waals surface area contributed by atoms with Crippen LogP contribution in [0.15, 0.2) is 53.6 Å². The van der Waals surface area contributed by atoms with E-state index in [1.807, 2.05) is 5.01 Å². The molecule has 0 amide bonds. The summed E-state index contributed by atoms with van der Waals surface area (Å²) >= 11 is 0. The van der Waals surface area contributed by atoms with Gasteiger partial charge in [-0.3, -0.25) is 9.80 Å². The van der Waals surface area contributed by atoms with Gasteiger partial charge in [-0.05, 0) is 24.3 Å². The summed E-state index contributed by atoms with van der Waals surface area (Å²) in [6, 6.07) is 13.0. The molecule has 1 aliphatic heterocycles. The lowest BCUT2D eigenvalue weighted by Crippen LogP contribution is -2.62. The lowest BCUT2D eigenvalue weighted by molar-refractivity contribution is -0.144. The molecule has 0 N–H and O–H groups in total. The molecule has 0 atom stereocenters. The molecule has 0 radical (unpaired) electrons. The van der Waals surface area contributed by atoms with Gasteiger partial charge in [0.2, 0.25) is 0 Å².